The third-order valence-electron chi connectivity index (χ3n) is 6.79. The van der Waals surface area contributed by atoms with Gasteiger partial charge in [-0.15, -0.1) is 0 Å². The third kappa shape index (κ3) is 29.4. The van der Waals surface area contributed by atoms with Crippen LogP contribution in [-0.2, 0) is 4.79 Å². The van der Waals surface area contributed by atoms with Crippen molar-refractivity contribution in [3.05, 3.63) is 12.2 Å². The molecule has 0 saturated heterocycles. The molecule has 0 atom stereocenters. The highest BCUT2D eigenvalue weighted by Gasteiger charge is 1.96. The lowest BCUT2D eigenvalue weighted by Gasteiger charge is -2.03. The van der Waals surface area contributed by atoms with Crippen LogP contribution in [0.5, 0.6) is 0 Å². The molecule has 0 fully saturated rings. The molecule has 0 saturated carbocycles. The quantitative estimate of drug-likeness (QED) is 0.0901. The number of allylic oxidation sites excluding steroid dienone is 2. The summed E-state index contributed by atoms with van der Waals surface area (Å²) in [5.74, 6) is 0.349. The van der Waals surface area contributed by atoms with E-state index in [1.165, 1.54) is 154 Å². The number of hydrogen-bond acceptors (Lipinski definition) is 1. The second-order valence-electron chi connectivity index (χ2n) is 10.3. The van der Waals surface area contributed by atoms with E-state index in [2.05, 4.69) is 19.1 Å². The van der Waals surface area contributed by atoms with Crippen molar-refractivity contribution in [2.45, 2.75) is 181 Å². The molecule has 0 amide bonds. The van der Waals surface area contributed by atoms with Gasteiger partial charge in [-0.2, -0.15) is 0 Å². The second kappa shape index (κ2) is 28.4. The summed E-state index contributed by atoms with van der Waals surface area (Å²) in [5, 5.41) is 0. The van der Waals surface area contributed by atoms with E-state index < -0.39 is 0 Å². The Kier molecular flexibility index (Phi) is 27.9. The van der Waals surface area contributed by atoms with Crippen molar-refractivity contribution < 1.29 is 4.79 Å². The first-order valence-corrected chi connectivity index (χ1v) is 14.9. The molecule has 0 aliphatic rings. The first-order valence-electron chi connectivity index (χ1n) is 14.9. The highest BCUT2D eigenvalue weighted by molar-refractivity contribution is 5.75. The predicted molar refractivity (Wildman–Crippen MR) is 146 cm³/mol. The fourth-order valence-corrected chi connectivity index (χ4v) is 4.57. The van der Waals surface area contributed by atoms with Crippen LogP contribution in [0.4, 0.5) is 0 Å². The lowest BCUT2D eigenvalue weighted by Crippen LogP contribution is -1.89. The maximum absolute atomic E-state index is 10.9. The smallest absolute Gasteiger partial charge is 0.129 e. The van der Waals surface area contributed by atoms with Gasteiger partial charge in [-0.3, -0.25) is 0 Å². The Morgan fingerprint density at radius 3 is 1.03 bits per heavy atom. The molecular weight excluding hydrogens is 388 g/mol. The number of carbonyl (C=O) groups is 1. The van der Waals surface area contributed by atoms with Crippen LogP contribution in [0.1, 0.15) is 181 Å². The van der Waals surface area contributed by atoms with Gasteiger partial charge in [-0.05, 0) is 39.0 Å². The number of Topliss-reactive ketones (excluding diaryl/α,β-unsaturated/α-hetero) is 1. The number of unbranched alkanes of at least 4 members (excludes halogenated alkanes) is 23. The van der Waals surface area contributed by atoms with Crippen LogP contribution < -0.4 is 0 Å². The number of hydrogen-bond donors (Lipinski definition) is 0. The fourth-order valence-electron chi connectivity index (χ4n) is 4.57. The summed E-state index contributed by atoms with van der Waals surface area (Å²) in [6.07, 6.45) is 40.4. The zero-order chi connectivity index (χ0) is 23.4. The largest absolute Gasteiger partial charge is 0.300 e. The molecule has 0 heterocycles. The van der Waals surface area contributed by atoms with Crippen molar-refractivity contribution in [3.63, 3.8) is 0 Å². The SMILES string of the molecule is CCCCCCCC/C=C\CCCCCCCCCCCCCCCCCCCC(C)=O. The normalized spacial score (nSPS) is 11.6. The molecule has 32 heavy (non-hydrogen) atoms. The zero-order valence-corrected chi connectivity index (χ0v) is 22.4. The van der Waals surface area contributed by atoms with Crippen LogP contribution >= 0.6 is 0 Å². The number of rotatable bonds is 27. The van der Waals surface area contributed by atoms with Crippen LogP contribution in [0.15, 0.2) is 12.2 Å². The van der Waals surface area contributed by atoms with Crippen LogP contribution in [0, 0.1) is 0 Å². The first-order chi connectivity index (χ1) is 15.8. The molecule has 0 aromatic carbocycles. The van der Waals surface area contributed by atoms with E-state index in [9.17, 15) is 4.79 Å². The van der Waals surface area contributed by atoms with Crippen LogP contribution in [-0.4, -0.2) is 5.78 Å². The lowest BCUT2D eigenvalue weighted by molar-refractivity contribution is -0.117. The first kappa shape index (κ1) is 31.4. The van der Waals surface area contributed by atoms with Crippen LogP contribution in [0.3, 0.4) is 0 Å². The Labute approximate surface area is 203 Å². The van der Waals surface area contributed by atoms with Crippen molar-refractivity contribution >= 4 is 5.78 Å². The molecule has 1 nitrogen and oxygen atoms in total. The topological polar surface area (TPSA) is 17.1 Å². The molecule has 0 N–H and O–H groups in total. The minimum Gasteiger partial charge on any atom is -0.300 e. The third-order valence-corrected chi connectivity index (χ3v) is 6.79. The summed E-state index contributed by atoms with van der Waals surface area (Å²) >= 11 is 0. The van der Waals surface area contributed by atoms with Crippen molar-refractivity contribution in [1.82, 2.24) is 0 Å². The molecule has 0 spiro atoms. The van der Waals surface area contributed by atoms with Gasteiger partial charge in [0.05, 0.1) is 0 Å². The Morgan fingerprint density at radius 2 is 0.719 bits per heavy atom. The Morgan fingerprint density at radius 1 is 0.438 bits per heavy atom. The van der Waals surface area contributed by atoms with Crippen LogP contribution in [0.25, 0.3) is 0 Å². The molecule has 0 aromatic heterocycles. The summed E-state index contributed by atoms with van der Waals surface area (Å²) in [4.78, 5) is 10.9. The van der Waals surface area contributed by atoms with E-state index >= 15 is 0 Å². The van der Waals surface area contributed by atoms with Gasteiger partial charge in [0.1, 0.15) is 5.78 Å². The van der Waals surface area contributed by atoms with Crippen LogP contribution in [0.2, 0.25) is 0 Å². The van der Waals surface area contributed by atoms with Crippen molar-refractivity contribution in [1.29, 1.82) is 0 Å². The summed E-state index contributed by atoms with van der Waals surface area (Å²) in [6, 6.07) is 0. The van der Waals surface area contributed by atoms with Gasteiger partial charge >= 0.3 is 0 Å². The molecular formula is C31H60O. The van der Waals surface area contributed by atoms with E-state index in [0.717, 1.165) is 12.8 Å². The average molecular weight is 449 g/mol. The molecule has 0 aromatic rings. The minimum atomic E-state index is 0.349. The monoisotopic (exact) mass is 448 g/mol. The van der Waals surface area contributed by atoms with Gasteiger partial charge in [-0.1, -0.05) is 147 Å². The van der Waals surface area contributed by atoms with E-state index in [1.807, 2.05) is 0 Å². The molecule has 190 valence electrons. The second-order valence-corrected chi connectivity index (χ2v) is 10.3. The molecule has 0 bridgehead atoms. The van der Waals surface area contributed by atoms with Gasteiger partial charge < -0.3 is 4.79 Å². The Bertz CT molecular complexity index is 384. The van der Waals surface area contributed by atoms with Gasteiger partial charge in [0.15, 0.2) is 0 Å². The maximum Gasteiger partial charge on any atom is 0.129 e. The fraction of sp³-hybridized carbons (Fsp3) is 0.903. The summed E-state index contributed by atoms with van der Waals surface area (Å²) in [7, 11) is 0. The summed E-state index contributed by atoms with van der Waals surface area (Å²) in [6.45, 7) is 4.00. The van der Waals surface area contributed by atoms with Crippen molar-refractivity contribution in [3.8, 4) is 0 Å². The minimum absolute atomic E-state index is 0.349. The number of ketones is 1. The lowest BCUT2D eigenvalue weighted by atomic mass is 10.0. The van der Waals surface area contributed by atoms with E-state index in [4.69, 9.17) is 0 Å². The van der Waals surface area contributed by atoms with E-state index in [0.29, 0.717) is 5.78 Å². The van der Waals surface area contributed by atoms with Gasteiger partial charge in [-0.25, -0.2) is 0 Å². The highest BCUT2D eigenvalue weighted by atomic mass is 16.1. The van der Waals surface area contributed by atoms with Crippen molar-refractivity contribution in [2.24, 2.45) is 0 Å². The predicted octanol–water partition coefficient (Wildman–Crippen LogP) is 11.3. The standard InChI is InChI=1S/C31H60O/c1-3-4-5-6-7-8-9-10-11-12-13-14-15-16-17-18-19-20-21-22-23-24-25-26-27-28-29-30-31(2)32/h10-11H,3-9,12-30H2,1-2H3/b11-10-. The summed E-state index contributed by atoms with van der Waals surface area (Å²) < 4.78 is 0. The average Bonchev–Trinajstić information content (AvgIpc) is 2.78. The van der Waals surface area contributed by atoms with Gasteiger partial charge in [0.2, 0.25) is 0 Å². The Balaban J connectivity index is 3.06. The van der Waals surface area contributed by atoms with Gasteiger partial charge in [0.25, 0.3) is 0 Å². The molecule has 0 rings (SSSR count). The molecule has 0 radical (unpaired) electrons. The molecule has 0 unspecified atom stereocenters. The van der Waals surface area contributed by atoms with E-state index in [-0.39, 0.29) is 0 Å². The Hall–Kier alpha value is -0.590. The van der Waals surface area contributed by atoms with Crippen molar-refractivity contribution in [2.75, 3.05) is 0 Å². The highest BCUT2D eigenvalue weighted by Crippen LogP contribution is 2.15. The maximum atomic E-state index is 10.9. The van der Waals surface area contributed by atoms with E-state index in [1.54, 1.807) is 6.92 Å². The zero-order valence-electron chi connectivity index (χ0n) is 22.4. The molecule has 0 aliphatic heterocycles. The molecule has 1 heteroatoms. The summed E-state index contributed by atoms with van der Waals surface area (Å²) in [5.41, 5.74) is 0. The van der Waals surface area contributed by atoms with Gasteiger partial charge in [0, 0.05) is 6.42 Å². The number of carbonyl (C=O) groups excluding carboxylic acids is 1. The molecule has 0 aliphatic carbocycles.